The molecule has 6 heteroatoms. The fourth-order valence-corrected chi connectivity index (χ4v) is 3.50. The third-order valence-electron chi connectivity index (χ3n) is 4.47. The summed E-state index contributed by atoms with van der Waals surface area (Å²) in [6, 6.07) is 5.68. The quantitative estimate of drug-likeness (QED) is 0.927. The van der Waals surface area contributed by atoms with Crippen LogP contribution >= 0.6 is 11.6 Å². The molecule has 0 spiro atoms. The van der Waals surface area contributed by atoms with Gasteiger partial charge in [0.1, 0.15) is 0 Å². The highest BCUT2D eigenvalue weighted by Crippen LogP contribution is 2.34. The first-order valence-electron chi connectivity index (χ1n) is 7.70. The average Bonchev–Trinajstić information content (AvgIpc) is 2.90. The number of halogens is 1. The van der Waals surface area contributed by atoms with E-state index in [2.05, 4.69) is 4.90 Å². The molecule has 2 heterocycles. The predicted molar refractivity (Wildman–Crippen MR) is 87.2 cm³/mol. The summed E-state index contributed by atoms with van der Waals surface area (Å²) < 4.78 is 0. The maximum atomic E-state index is 12.1. The minimum atomic E-state index is -0.424. The molecule has 2 fully saturated rings. The van der Waals surface area contributed by atoms with Gasteiger partial charge in [0.05, 0.1) is 16.6 Å². The van der Waals surface area contributed by atoms with Crippen molar-refractivity contribution >= 4 is 34.8 Å². The highest BCUT2D eigenvalue weighted by atomic mass is 35.5. The predicted octanol–water partition coefficient (Wildman–Crippen LogP) is 2.17. The zero-order valence-electron chi connectivity index (χ0n) is 12.4. The third-order valence-corrected chi connectivity index (χ3v) is 4.77. The molecule has 0 bridgehead atoms. The lowest BCUT2D eigenvalue weighted by Crippen LogP contribution is -2.30. The van der Waals surface area contributed by atoms with E-state index in [1.165, 1.54) is 19.3 Å². The second-order valence-electron chi connectivity index (χ2n) is 5.99. The molecule has 5 nitrogen and oxygen atoms in total. The van der Waals surface area contributed by atoms with Gasteiger partial charge in [0.25, 0.3) is 0 Å². The third kappa shape index (κ3) is 2.90. The van der Waals surface area contributed by atoms with E-state index >= 15 is 0 Å². The van der Waals surface area contributed by atoms with Crippen LogP contribution in [0.15, 0.2) is 18.2 Å². The summed E-state index contributed by atoms with van der Waals surface area (Å²) in [6.45, 7) is 2.38. The van der Waals surface area contributed by atoms with Crippen molar-refractivity contribution in [2.75, 3.05) is 29.4 Å². The summed E-state index contributed by atoms with van der Waals surface area (Å²) in [5, 5.41) is 0.648. The molecule has 0 radical (unpaired) electrons. The fourth-order valence-electron chi connectivity index (χ4n) is 3.20. The van der Waals surface area contributed by atoms with Crippen LogP contribution in [0.1, 0.15) is 25.7 Å². The standard InChI is InChI=1S/C16H20ClN3O2/c17-13-9-12(20-10-11(16(18)22)8-15(20)21)4-5-14(13)19-6-2-1-3-7-19/h4-5,9,11H,1-3,6-8,10H2,(H2,18,22)/t11-/m0/s1. The molecule has 118 valence electrons. The number of hydrogen-bond donors (Lipinski definition) is 1. The number of hydrogen-bond acceptors (Lipinski definition) is 3. The molecular formula is C16H20ClN3O2. The molecule has 22 heavy (non-hydrogen) atoms. The van der Waals surface area contributed by atoms with Gasteiger partial charge in [-0.2, -0.15) is 0 Å². The Morgan fingerprint density at radius 2 is 1.95 bits per heavy atom. The zero-order chi connectivity index (χ0) is 15.7. The number of nitrogens with two attached hydrogens (primary N) is 1. The fraction of sp³-hybridized carbons (Fsp3) is 0.500. The number of rotatable bonds is 3. The van der Waals surface area contributed by atoms with E-state index in [9.17, 15) is 9.59 Å². The van der Waals surface area contributed by atoms with Gasteiger partial charge in [-0.05, 0) is 37.5 Å². The number of amides is 2. The summed E-state index contributed by atoms with van der Waals surface area (Å²) in [4.78, 5) is 27.2. The van der Waals surface area contributed by atoms with Gasteiger partial charge in [-0.3, -0.25) is 9.59 Å². The van der Waals surface area contributed by atoms with E-state index < -0.39 is 11.8 Å². The van der Waals surface area contributed by atoms with Gasteiger partial charge in [0.15, 0.2) is 0 Å². The van der Waals surface area contributed by atoms with Gasteiger partial charge in [0.2, 0.25) is 11.8 Å². The minimum Gasteiger partial charge on any atom is -0.370 e. The largest absolute Gasteiger partial charge is 0.370 e. The van der Waals surface area contributed by atoms with Crippen LogP contribution in [0, 0.1) is 5.92 Å². The summed E-state index contributed by atoms with van der Waals surface area (Å²) in [7, 11) is 0. The molecule has 0 saturated carbocycles. The van der Waals surface area contributed by atoms with Crippen LogP contribution in [0.4, 0.5) is 11.4 Å². The maximum Gasteiger partial charge on any atom is 0.227 e. The molecule has 1 aromatic rings. The summed E-state index contributed by atoms with van der Waals surface area (Å²) in [6.07, 6.45) is 3.82. The van der Waals surface area contributed by atoms with Gasteiger partial charge in [-0.1, -0.05) is 11.6 Å². The molecule has 1 atom stereocenters. The summed E-state index contributed by atoms with van der Waals surface area (Å²) >= 11 is 6.42. The molecule has 2 aliphatic rings. The topological polar surface area (TPSA) is 66.6 Å². The van der Waals surface area contributed by atoms with Crippen molar-refractivity contribution in [1.82, 2.24) is 0 Å². The Balaban J connectivity index is 1.80. The number of primary amides is 1. The molecule has 1 aromatic carbocycles. The van der Waals surface area contributed by atoms with E-state index in [-0.39, 0.29) is 12.3 Å². The first-order chi connectivity index (χ1) is 10.6. The van der Waals surface area contributed by atoms with Crippen molar-refractivity contribution in [1.29, 1.82) is 0 Å². The molecule has 3 rings (SSSR count). The molecule has 0 aliphatic carbocycles. The van der Waals surface area contributed by atoms with E-state index in [1.807, 2.05) is 18.2 Å². The summed E-state index contributed by atoms with van der Waals surface area (Å²) in [5.74, 6) is -0.912. The number of nitrogens with zero attached hydrogens (tertiary/aromatic N) is 2. The lowest BCUT2D eigenvalue weighted by molar-refractivity contribution is -0.123. The molecule has 2 amide bonds. The Hall–Kier alpha value is -1.75. The minimum absolute atomic E-state index is 0.0782. The first-order valence-corrected chi connectivity index (χ1v) is 8.08. The van der Waals surface area contributed by atoms with Crippen LogP contribution in [-0.2, 0) is 9.59 Å². The van der Waals surface area contributed by atoms with Crippen LogP contribution in [0.25, 0.3) is 0 Å². The summed E-state index contributed by atoms with van der Waals surface area (Å²) in [5.41, 5.74) is 7.05. The van der Waals surface area contributed by atoms with Gasteiger partial charge in [0, 0.05) is 31.7 Å². The number of carbonyl (C=O) groups excluding carboxylic acids is 2. The smallest absolute Gasteiger partial charge is 0.227 e. The van der Waals surface area contributed by atoms with Crippen LogP contribution < -0.4 is 15.5 Å². The molecule has 2 aliphatic heterocycles. The van der Waals surface area contributed by atoms with Crippen LogP contribution in [0.5, 0.6) is 0 Å². The van der Waals surface area contributed by atoms with Crippen LogP contribution in [-0.4, -0.2) is 31.4 Å². The monoisotopic (exact) mass is 321 g/mol. The molecule has 0 aromatic heterocycles. The van der Waals surface area contributed by atoms with Gasteiger partial charge < -0.3 is 15.5 Å². The van der Waals surface area contributed by atoms with Crippen LogP contribution in [0.3, 0.4) is 0 Å². The second-order valence-corrected chi connectivity index (χ2v) is 6.40. The molecular weight excluding hydrogens is 302 g/mol. The van der Waals surface area contributed by atoms with E-state index in [0.717, 1.165) is 24.5 Å². The Kier molecular flexibility index (Phi) is 4.25. The Morgan fingerprint density at radius 3 is 2.55 bits per heavy atom. The number of benzene rings is 1. The van der Waals surface area contributed by atoms with Gasteiger partial charge in [-0.25, -0.2) is 0 Å². The highest BCUT2D eigenvalue weighted by molar-refractivity contribution is 6.33. The van der Waals surface area contributed by atoms with E-state index in [4.69, 9.17) is 17.3 Å². The average molecular weight is 322 g/mol. The Bertz CT molecular complexity index is 599. The SMILES string of the molecule is NC(=O)[C@H]1CC(=O)N(c2ccc(N3CCCCC3)c(Cl)c2)C1. The van der Waals surface area contributed by atoms with Gasteiger partial charge in [-0.15, -0.1) is 0 Å². The number of anilines is 2. The van der Waals surface area contributed by atoms with E-state index in [1.54, 1.807) is 4.90 Å². The first kappa shape index (κ1) is 15.2. The number of piperidine rings is 1. The number of carbonyl (C=O) groups is 2. The molecule has 2 saturated heterocycles. The second kappa shape index (κ2) is 6.16. The lowest BCUT2D eigenvalue weighted by Gasteiger charge is -2.30. The zero-order valence-corrected chi connectivity index (χ0v) is 13.2. The Morgan fingerprint density at radius 1 is 1.23 bits per heavy atom. The van der Waals surface area contributed by atoms with Crippen molar-refractivity contribution in [3.8, 4) is 0 Å². The van der Waals surface area contributed by atoms with Crippen molar-refractivity contribution in [2.24, 2.45) is 11.7 Å². The molecule has 2 N–H and O–H groups in total. The van der Waals surface area contributed by atoms with Crippen molar-refractivity contribution < 1.29 is 9.59 Å². The lowest BCUT2D eigenvalue weighted by atomic mass is 10.1. The maximum absolute atomic E-state index is 12.1. The van der Waals surface area contributed by atoms with Crippen LogP contribution in [0.2, 0.25) is 5.02 Å². The van der Waals surface area contributed by atoms with Crippen molar-refractivity contribution in [3.05, 3.63) is 23.2 Å². The van der Waals surface area contributed by atoms with E-state index in [0.29, 0.717) is 11.6 Å². The Labute approximate surface area is 135 Å². The normalized spacial score (nSPS) is 22.2. The van der Waals surface area contributed by atoms with Crippen molar-refractivity contribution in [3.63, 3.8) is 0 Å². The van der Waals surface area contributed by atoms with Gasteiger partial charge >= 0.3 is 0 Å². The highest BCUT2D eigenvalue weighted by Gasteiger charge is 2.34. The van der Waals surface area contributed by atoms with Crippen molar-refractivity contribution in [2.45, 2.75) is 25.7 Å². The molecule has 0 unspecified atom stereocenters.